The average Bonchev–Trinajstić information content (AvgIpc) is 2.37. The van der Waals surface area contributed by atoms with Gasteiger partial charge in [0.25, 0.3) is 0 Å². The van der Waals surface area contributed by atoms with Crippen LogP contribution in [0.5, 0.6) is 0 Å². The van der Waals surface area contributed by atoms with Gasteiger partial charge in [-0.3, -0.25) is 4.79 Å². The Balaban J connectivity index is 2.05. The van der Waals surface area contributed by atoms with Gasteiger partial charge >= 0.3 is 5.97 Å². The second-order valence-electron chi connectivity index (χ2n) is 5.03. The molecule has 0 heterocycles. The molecule has 1 fully saturated rings. The third-order valence-corrected chi connectivity index (χ3v) is 3.52. The van der Waals surface area contributed by atoms with Crippen LogP contribution in [0.25, 0.3) is 0 Å². The number of carboxylic acid groups (broad SMARTS) is 1. The number of ether oxygens (including phenoxy) is 1. The van der Waals surface area contributed by atoms with Crippen LogP contribution in [-0.4, -0.2) is 48.6 Å². The van der Waals surface area contributed by atoms with Crippen LogP contribution in [0.1, 0.15) is 32.6 Å². The lowest BCUT2D eigenvalue weighted by Crippen LogP contribution is -2.35. The average molecular weight is 259 g/mol. The fourth-order valence-electron chi connectivity index (χ4n) is 2.38. The number of aliphatic hydroxyl groups excluding tert-OH is 1. The number of aliphatic hydroxyl groups is 1. The minimum absolute atomic E-state index is 0.148. The molecule has 0 spiro atoms. The predicted molar refractivity (Wildman–Crippen MR) is 68.5 cm³/mol. The van der Waals surface area contributed by atoms with Crippen molar-refractivity contribution in [3.8, 4) is 0 Å². The molecule has 0 aliphatic heterocycles. The lowest BCUT2D eigenvalue weighted by Gasteiger charge is -2.26. The standard InChI is InChI=1S/C13H25NO4/c1-2-18-9-12(15)8-14-7-10-3-5-11(6-4-10)13(16)17/h10-12,14-15H,2-9H2,1H3,(H,16,17). The van der Waals surface area contributed by atoms with Crippen molar-refractivity contribution in [2.75, 3.05) is 26.3 Å². The van der Waals surface area contributed by atoms with E-state index in [9.17, 15) is 9.90 Å². The molecule has 5 nitrogen and oxygen atoms in total. The maximum Gasteiger partial charge on any atom is 0.306 e. The monoisotopic (exact) mass is 259 g/mol. The predicted octanol–water partition coefficient (Wildman–Crippen LogP) is 0.864. The van der Waals surface area contributed by atoms with Crippen LogP contribution in [0.15, 0.2) is 0 Å². The molecule has 0 aromatic heterocycles. The molecule has 1 aliphatic carbocycles. The first kappa shape index (κ1) is 15.4. The summed E-state index contributed by atoms with van der Waals surface area (Å²) in [5, 5.41) is 21.7. The second kappa shape index (κ2) is 8.45. The summed E-state index contributed by atoms with van der Waals surface area (Å²) < 4.78 is 5.12. The Morgan fingerprint density at radius 2 is 2.06 bits per heavy atom. The Kier molecular flexibility index (Phi) is 7.23. The van der Waals surface area contributed by atoms with Gasteiger partial charge in [0, 0.05) is 13.2 Å². The molecule has 0 aromatic carbocycles. The molecule has 3 N–H and O–H groups in total. The zero-order valence-corrected chi connectivity index (χ0v) is 11.1. The summed E-state index contributed by atoms with van der Waals surface area (Å²) in [4.78, 5) is 10.8. The van der Waals surface area contributed by atoms with Crippen LogP contribution in [0.2, 0.25) is 0 Å². The quantitative estimate of drug-likeness (QED) is 0.602. The second-order valence-corrected chi connectivity index (χ2v) is 5.03. The van der Waals surface area contributed by atoms with Gasteiger partial charge in [-0.15, -0.1) is 0 Å². The molecule has 0 amide bonds. The highest BCUT2D eigenvalue weighted by Crippen LogP contribution is 2.28. The fourth-order valence-corrected chi connectivity index (χ4v) is 2.38. The molecule has 1 unspecified atom stereocenters. The fraction of sp³-hybridized carbons (Fsp3) is 0.923. The number of rotatable bonds is 8. The molecule has 0 aromatic rings. The number of nitrogens with one attached hydrogen (secondary N) is 1. The normalized spacial score (nSPS) is 25.9. The number of hydrogen-bond donors (Lipinski definition) is 3. The maximum absolute atomic E-state index is 10.8. The van der Waals surface area contributed by atoms with E-state index in [-0.39, 0.29) is 5.92 Å². The maximum atomic E-state index is 10.8. The molecule has 5 heteroatoms. The summed E-state index contributed by atoms with van der Waals surface area (Å²) >= 11 is 0. The van der Waals surface area contributed by atoms with Crippen LogP contribution in [-0.2, 0) is 9.53 Å². The molecule has 0 radical (unpaired) electrons. The van der Waals surface area contributed by atoms with Gasteiger partial charge in [-0.25, -0.2) is 0 Å². The molecule has 1 aliphatic rings. The molecule has 106 valence electrons. The van der Waals surface area contributed by atoms with E-state index < -0.39 is 12.1 Å². The van der Waals surface area contributed by atoms with E-state index in [0.717, 1.165) is 32.2 Å². The van der Waals surface area contributed by atoms with Crippen molar-refractivity contribution in [1.29, 1.82) is 0 Å². The molecule has 1 rings (SSSR count). The molecule has 18 heavy (non-hydrogen) atoms. The van der Waals surface area contributed by atoms with Crippen molar-refractivity contribution in [1.82, 2.24) is 5.32 Å². The molecule has 0 saturated heterocycles. The van der Waals surface area contributed by atoms with Crippen LogP contribution in [0, 0.1) is 11.8 Å². The van der Waals surface area contributed by atoms with Gasteiger partial charge in [0.1, 0.15) is 0 Å². The zero-order chi connectivity index (χ0) is 13.4. The zero-order valence-electron chi connectivity index (χ0n) is 11.1. The first-order valence-electron chi connectivity index (χ1n) is 6.82. The Labute approximate surface area is 109 Å². The van der Waals surface area contributed by atoms with Crippen molar-refractivity contribution in [3.05, 3.63) is 0 Å². The summed E-state index contributed by atoms with van der Waals surface area (Å²) in [5.41, 5.74) is 0. The number of hydrogen-bond acceptors (Lipinski definition) is 4. The van der Waals surface area contributed by atoms with E-state index in [4.69, 9.17) is 9.84 Å². The number of carboxylic acids is 1. The highest BCUT2D eigenvalue weighted by molar-refractivity contribution is 5.69. The largest absolute Gasteiger partial charge is 0.481 e. The summed E-state index contributed by atoms with van der Waals surface area (Å²) in [6.07, 6.45) is 3.03. The van der Waals surface area contributed by atoms with E-state index in [1.807, 2.05) is 6.92 Å². The van der Waals surface area contributed by atoms with Gasteiger partial charge in [0.15, 0.2) is 0 Å². The van der Waals surface area contributed by atoms with Gasteiger partial charge in [-0.1, -0.05) is 0 Å². The number of carbonyl (C=O) groups is 1. The highest BCUT2D eigenvalue weighted by atomic mass is 16.5. The lowest BCUT2D eigenvalue weighted by atomic mass is 9.82. The minimum atomic E-state index is -0.659. The van der Waals surface area contributed by atoms with Crippen molar-refractivity contribution in [2.45, 2.75) is 38.7 Å². The van der Waals surface area contributed by atoms with Gasteiger partial charge in [-0.2, -0.15) is 0 Å². The Morgan fingerprint density at radius 3 is 2.61 bits per heavy atom. The Hall–Kier alpha value is -0.650. The van der Waals surface area contributed by atoms with E-state index >= 15 is 0 Å². The van der Waals surface area contributed by atoms with Crippen LogP contribution >= 0.6 is 0 Å². The van der Waals surface area contributed by atoms with Crippen molar-refractivity contribution in [2.24, 2.45) is 11.8 Å². The summed E-state index contributed by atoms with van der Waals surface area (Å²) in [6, 6.07) is 0. The Morgan fingerprint density at radius 1 is 1.39 bits per heavy atom. The summed E-state index contributed by atoms with van der Waals surface area (Å²) in [7, 11) is 0. The SMILES string of the molecule is CCOCC(O)CNCC1CCC(C(=O)O)CC1. The molecular formula is C13H25NO4. The smallest absolute Gasteiger partial charge is 0.306 e. The molecular weight excluding hydrogens is 234 g/mol. The van der Waals surface area contributed by atoms with Gasteiger partial charge in [0.2, 0.25) is 0 Å². The topological polar surface area (TPSA) is 78.8 Å². The highest BCUT2D eigenvalue weighted by Gasteiger charge is 2.25. The molecule has 1 saturated carbocycles. The van der Waals surface area contributed by atoms with Crippen molar-refractivity contribution in [3.63, 3.8) is 0 Å². The first-order valence-corrected chi connectivity index (χ1v) is 6.82. The van der Waals surface area contributed by atoms with Crippen molar-refractivity contribution >= 4 is 5.97 Å². The van der Waals surface area contributed by atoms with Gasteiger partial charge in [0.05, 0.1) is 18.6 Å². The Bertz CT molecular complexity index is 239. The summed E-state index contributed by atoms with van der Waals surface area (Å²) in [6.45, 7) is 4.29. The van der Waals surface area contributed by atoms with Crippen LogP contribution in [0.4, 0.5) is 0 Å². The van der Waals surface area contributed by atoms with Crippen molar-refractivity contribution < 1.29 is 19.7 Å². The third kappa shape index (κ3) is 5.80. The van der Waals surface area contributed by atoms with Crippen LogP contribution < -0.4 is 5.32 Å². The minimum Gasteiger partial charge on any atom is -0.481 e. The summed E-state index contributed by atoms with van der Waals surface area (Å²) in [5.74, 6) is -0.266. The third-order valence-electron chi connectivity index (χ3n) is 3.52. The van der Waals surface area contributed by atoms with Gasteiger partial charge in [-0.05, 0) is 45.1 Å². The van der Waals surface area contributed by atoms with Crippen LogP contribution in [0.3, 0.4) is 0 Å². The lowest BCUT2D eigenvalue weighted by molar-refractivity contribution is -0.143. The molecule has 1 atom stereocenters. The van der Waals surface area contributed by atoms with E-state index in [1.165, 1.54) is 0 Å². The van der Waals surface area contributed by atoms with Gasteiger partial charge < -0.3 is 20.3 Å². The first-order chi connectivity index (χ1) is 8.63. The van der Waals surface area contributed by atoms with E-state index in [2.05, 4.69) is 5.32 Å². The number of aliphatic carboxylic acids is 1. The molecule has 0 bridgehead atoms. The van der Waals surface area contributed by atoms with E-state index in [1.54, 1.807) is 0 Å². The van der Waals surface area contributed by atoms with E-state index in [0.29, 0.717) is 25.7 Å².